The van der Waals surface area contributed by atoms with Crippen molar-refractivity contribution < 1.29 is 9.53 Å². The number of ether oxygens (including phenoxy) is 1. The lowest BCUT2D eigenvalue weighted by Crippen LogP contribution is -2.34. The van der Waals surface area contributed by atoms with Crippen molar-refractivity contribution in [2.75, 3.05) is 6.54 Å². The van der Waals surface area contributed by atoms with E-state index in [0.717, 1.165) is 29.7 Å². The molecule has 6 heteroatoms. The van der Waals surface area contributed by atoms with Crippen LogP contribution in [0.1, 0.15) is 16.9 Å². The molecular weight excluding hydrogens is 346 g/mol. The highest BCUT2D eigenvalue weighted by Gasteiger charge is 2.26. The first-order chi connectivity index (χ1) is 12.8. The van der Waals surface area contributed by atoms with Crippen molar-refractivity contribution in [1.29, 1.82) is 0 Å². The molecule has 0 aliphatic carbocycles. The first-order valence-electron chi connectivity index (χ1n) is 8.64. The number of aromatic nitrogens is 2. The minimum absolute atomic E-state index is 0.0550. The average Bonchev–Trinajstić information content (AvgIpc) is 3.34. The zero-order valence-corrected chi connectivity index (χ0v) is 15.0. The normalized spacial score (nSPS) is 15.3. The summed E-state index contributed by atoms with van der Waals surface area (Å²) in [6.45, 7) is 0.507. The van der Waals surface area contributed by atoms with Gasteiger partial charge < -0.3 is 10.1 Å². The number of amides is 1. The van der Waals surface area contributed by atoms with Gasteiger partial charge >= 0.3 is 0 Å². The van der Waals surface area contributed by atoms with Gasteiger partial charge in [0.15, 0.2) is 5.82 Å². The molecule has 0 spiro atoms. The van der Waals surface area contributed by atoms with Gasteiger partial charge in [0.05, 0.1) is 12.1 Å². The molecular formula is C20H19N3O2S. The minimum Gasteiger partial charge on any atom is -0.487 e. The van der Waals surface area contributed by atoms with Crippen LogP contribution in [0.25, 0.3) is 11.4 Å². The number of rotatable bonds is 6. The Morgan fingerprint density at radius 3 is 2.88 bits per heavy atom. The highest BCUT2D eigenvalue weighted by molar-refractivity contribution is 7.09. The van der Waals surface area contributed by atoms with E-state index in [0.29, 0.717) is 18.8 Å². The van der Waals surface area contributed by atoms with Gasteiger partial charge in [-0.2, -0.15) is 0 Å². The fourth-order valence-electron chi connectivity index (χ4n) is 3.07. The van der Waals surface area contributed by atoms with Crippen LogP contribution >= 0.6 is 11.3 Å². The van der Waals surface area contributed by atoms with Crippen molar-refractivity contribution in [3.63, 3.8) is 0 Å². The second-order valence-electron chi connectivity index (χ2n) is 6.19. The van der Waals surface area contributed by atoms with E-state index in [2.05, 4.69) is 27.4 Å². The minimum atomic E-state index is -0.0550. The summed E-state index contributed by atoms with van der Waals surface area (Å²) in [5, 5.41) is 5.02. The van der Waals surface area contributed by atoms with Crippen LogP contribution in [0.4, 0.5) is 0 Å². The first-order valence-corrected chi connectivity index (χ1v) is 9.52. The third-order valence-electron chi connectivity index (χ3n) is 4.34. The van der Waals surface area contributed by atoms with E-state index in [4.69, 9.17) is 4.74 Å². The molecule has 1 aliphatic rings. The van der Waals surface area contributed by atoms with E-state index in [9.17, 15) is 4.79 Å². The van der Waals surface area contributed by atoms with Gasteiger partial charge in [-0.25, -0.2) is 9.97 Å². The molecule has 2 aromatic heterocycles. The summed E-state index contributed by atoms with van der Waals surface area (Å²) in [7, 11) is 0. The van der Waals surface area contributed by atoms with E-state index < -0.39 is 0 Å². The number of carbonyl (C=O) groups is 1. The molecule has 1 aromatic carbocycles. The van der Waals surface area contributed by atoms with Crippen molar-refractivity contribution >= 4 is 17.2 Å². The SMILES string of the molecule is O=C(CCc1cccs1)NCC1Cc2cccc(-c3ncccn3)c2O1. The molecule has 4 rings (SSSR count). The maximum absolute atomic E-state index is 12.1. The van der Waals surface area contributed by atoms with Crippen molar-refractivity contribution in [2.24, 2.45) is 0 Å². The molecule has 3 heterocycles. The Bertz CT molecular complexity index is 881. The second-order valence-corrected chi connectivity index (χ2v) is 7.23. The van der Waals surface area contributed by atoms with Gasteiger partial charge in [0.1, 0.15) is 11.9 Å². The van der Waals surface area contributed by atoms with Gasteiger partial charge in [-0.05, 0) is 35.6 Å². The molecule has 3 aromatic rings. The molecule has 1 aliphatic heterocycles. The van der Waals surface area contributed by atoms with Gasteiger partial charge in [-0.3, -0.25) is 4.79 Å². The van der Waals surface area contributed by atoms with E-state index in [-0.39, 0.29) is 12.0 Å². The molecule has 0 saturated heterocycles. The Kier molecular flexibility index (Phi) is 4.93. The molecule has 0 radical (unpaired) electrons. The fourth-order valence-corrected chi connectivity index (χ4v) is 3.78. The van der Waals surface area contributed by atoms with Gasteiger partial charge in [-0.15, -0.1) is 11.3 Å². The number of fused-ring (bicyclic) bond motifs is 1. The van der Waals surface area contributed by atoms with E-state index in [1.165, 1.54) is 4.88 Å². The number of nitrogens with one attached hydrogen (secondary N) is 1. The van der Waals surface area contributed by atoms with Crippen LogP contribution in [0.2, 0.25) is 0 Å². The van der Waals surface area contributed by atoms with E-state index >= 15 is 0 Å². The molecule has 1 atom stereocenters. The smallest absolute Gasteiger partial charge is 0.220 e. The Morgan fingerprint density at radius 2 is 2.08 bits per heavy atom. The average molecular weight is 365 g/mol. The molecule has 0 bridgehead atoms. The number of nitrogens with zero attached hydrogens (tertiary/aromatic N) is 2. The third-order valence-corrected chi connectivity index (χ3v) is 5.28. The summed E-state index contributed by atoms with van der Waals surface area (Å²) in [6.07, 6.45) is 5.46. The van der Waals surface area contributed by atoms with Crippen molar-refractivity contribution in [3.05, 3.63) is 64.6 Å². The Balaban J connectivity index is 1.35. The van der Waals surface area contributed by atoms with Crippen molar-refractivity contribution in [2.45, 2.75) is 25.4 Å². The summed E-state index contributed by atoms with van der Waals surface area (Å²) in [4.78, 5) is 21.9. The van der Waals surface area contributed by atoms with Crippen LogP contribution in [0.3, 0.4) is 0 Å². The fraction of sp³-hybridized carbons (Fsp3) is 0.250. The lowest BCUT2D eigenvalue weighted by atomic mass is 10.1. The molecule has 0 fully saturated rings. The summed E-state index contributed by atoms with van der Waals surface area (Å²) in [5.41, 5.74) is 2.03. The predicted octanol–water partition coefficient (Wildman–Crippen LogP) is 3.26. The third kappa shape index (κ3) is 3.75. The van der Waals surface area contributed by atoms with Crippen LogP contribution < -0.4 is 10.1 Å². The zero-order chi connectivity index (χ0) is 17.8. The number of aryl methyl sites for hydroxylation is 1. The van der Waals surface area contributed by atoms with Crippen LogP contribution in [-0.2, 0) is 17.6 Å². The van der Waals surface area contributed by atoms with Crippen molar-refractivity contribution in [1.82, 2.24) is 15.3 Å². The number of thiophene rings is 1. The monoisotopic (exact) mass is 365 g/mol. The second kappa shape index (κ2) is 7.66. The summed E-state index contributed by atoms with van der Waals surface area (Å²) in [6, 6.07) is 11.9. The lowest BCUT2D eigenvalue weighted by molar-refractivity contribution is -0.121. The molecule has 26 heavy (non-hydrogen) atoms. The standard InChI is InChI=1S/C20H19N3O2S/c24-18(8-7-16-5-2-11-26-16)23-13-15-12-14-4-1-6-17(19(14)25-15)20-21-9-3-10-22-20/h1-6,9-11,15H,7-8,12-13H2,(H,23,24). The molecule has 1 unspecified atom stereocenters. The van der Waals surface area contributed by atoms with Gasteiger partial charge in [-0.1, -0.05) is 18.2 Å². The predicted molar refractivity (Wildman–Crippen MR) is 101 cm³/mol. The van der Waals surface area contributed by atoms with Crippen LogP contribution in [0.5, 0.6) is 5.75 Å². The number of hydrogen-bond acceptors (Lipinski definition) is 5. The van der Waals surface area contributed by atoms with E-state index in [1.54, 1.807) is 29.8 Å². The Hall–Kier alpha value is -2.73. The number of carbonyl (C=O) groups excluding carboxylic acids is 1. The Labute approximate surface area is 156 Å². The zero-order valence-electron chi connectivity index (χ0n) is 14.2. The number of benzene rings is 1. The van der Waals surface area contributed by atoms with Crippen LogP contribution in [0.15, 0.2) is 54.2 Å². The molecule has 1 N–H and O–H groups in total. The van der Waals surface area contributed by atoms with Gasteiger partial charge in [0.25, 0.3) is 0 Å². The summed E-state index contributed by atoms with van der Waals surface area (Å²) < 4.78 is 6.10. The lowest BCUT2D eigenvalue weighted by Gasteiger charge is -2.13. The first kappa shape index (κ1) is 16.7. The number of hydrogen-bond donors (Lipinski definition) is 1. The Morgan fingerprint density at radius 1 is 1.19 bits per heavy atom. The molecule has 1 amide bonds. The number of para-hydroxylation sites is 1. The quantitative estimate of drug-likeness (QED) is 0.728. The van der Waals surface area contributed by atoms with Crippen molar-refractivity contribution in [3.8, 4) is 17.1 Å². The summed E-state index contributed by atoms with van der Waals surface area (Å²) >= 11 is 1.68. The molecule has 132 valence electrons. The van der Waals surface area contributed by atoms with Gasteiger partial charge in [0, 0.05) is 30.1 Å². The topological polar surface area (TPSA) is 64.1 Å². The maximum atomic E-state index is 12.1. The van der Waals surface area contributed by atoms with Gasteiger partial charge in [0.2, 0.25) is 5.91 Å². The molecule has 0 saturated carbocycles. The van der Waals surface area contributed by atoms with Crippen LogP contribution in [-0.4, -0.2) is 28.5 Å². The molecule has 5 nitrogen and oxygen atoms in total. The van der Waals surface area contributed by atoms with E-state index in [1.807, 2.05) is 23.6 Å². The maximum Gasteiger partial charge on any atom is 0.220 e. The summed E-state index contributed by atoms with van der Waals surface area (Å²) in [5.74, 6) is 1.55. The highest BCUT2D eigenvalue weighted by Crippen LogP contribution is 2.37. The largest absolute Gasteiger partial charge is 0.487 e. The highest BCUT2D eigenvalue weighted by atomic mass is 32.1. The van der Waals surface area contributed by atoms with Crippen LogP contribution in [0, 0.1) is 0 Å².